The molecule has 0 saturated heterocycles. The van der Waals surface area contributed by atoms with Crippen LogP contribution in [0.2, 0.25) is 0 Å². The van der Waals surface area contributed by atoms with E-state index in [2.05, 4.69) is 43.2 Å². The largest absolute Gasteiger partial charge is 0.416 e. The summed E-state index contributed by atoms with van der Waals surface area (Å²) in [6.07, 6.45) is 2.56. The van der Waals surface area contributed by atoms with Gasteiger partial charge in [0.05, 0.1) is 5.56 Å². The van der Waals surface area contributed by atoms with Crippen molar-refractivity contribution in [1.82, 2.24) is 15.2 Å². The van der Waals surface area contributed by atoms with Gasteiger partial charge in [0.2, 0.25) is 11.8 Å². The summed E-state index contributed by atoms with van der Waals surface area (Å²) < 4.78 is 40.0. The Labute approximate surface area is 269 Å². The molecule has 1 aromatic heterocycles. The van der Waals surface area contributed by atoms with Gasteiger partial charge in [-0.1, -0.05) is 44.2 Å². The first kappa shape index (κ1) is 31.3. The average molecular weight is 634 g/mol. The maximum absolute atomic E-state index is 14.4. The summed E-state index contributed by atoms with van der Waals surface area (Å²) in [7, 11) is 0. The molecule has 0 radical (unpaired) electrons. The number of aryl methyl sites for hydroxylation is 1. The zero-order valence-electron chi connectivity index (χ0n) is 27.6. The van der Waals surface area contributed by atoms with Crippen LogP contribution in [0.4, 0.5) is 13.2 Å². The Bertz CT molecular complexity index is 1630. The van der Waals surface area contributed by atoms with Crippen LogP contribution < -0.4 is 5.32 Å². The van der Waals surface area contributed by atoms with Gasteiger partial charge >= 0.3 is 6.18 Å². The fraction of sp³-hybridized carbons (Fsp3) is 0.579. The number of carbonyl (C=O) groups excluding carboxylic acids is 2. The van der Waals surface area contributed by atoms with E-state index in [0.29, 0.717) is 23.3 Å². The molecule has 2 amide bonds. The smallest absolute Gasteiger partial charge is 0.358 e. The third-order valence-corrected chi connectivity index (χ3v) is 12.3. The summed E-state index contributed by atoms with van der Waals surface area (Å²) >= 11 is 0. The lowest BCUT2D eigenvalue weighted by Crippen LogP contribution is -2.65. The van der Waals surface area contributed by atoms with Gasteiger partial charge in [0.1, 0.15) is 5.54 Å². The number of benzene rings is 2. The second kappa shape index (κ2) is 10.6. The topological polar surface area (TPSA) is 65.2 Å². The zero-order chi connectivity index (χ0) is 32.8. The molecule has 8 heteroatoms. The molecule has 46 heavy (non-hydrogen) atoms. The number of halogens is 3. The number of nitrogens with zero attached hydrogens (tertiary/aromatic N) is 1. The second-order valence-electron chi connectivity index (χ2n) is 16.2. The molecular weight excluding hydrogens is 587 g/mol. The van der Waals surface area contributed by atoms with Crippen molar-refractivity contribution in [1.29, 1.82) is 0 Å². The average Bonchev–Trinajstić information content (AvgIpc) is 3.31. The first-order valence-corrected chi connectivity index (χ1v) is 16.9. The number of H-pyrrole nitrogens is 1. The van der Waals surface area contributed by atoms with Gasteiger partial charge in [-0.2, -0.15) is 13.2 Å². The Morgan fingerprint density at radius 3 is 2.11 bits per heavy atom. The molecule has 5 aliphatic carbocycles. The standard InChI is InChI=1S/C38H46F3N3O2/c1-22-32(28-8-6-7-9-30(28)42-22)33-29(35(33,2)3)17-31(45)44(21-23-10-12-27(13-11-23)38(39,40)41)36(4,5)34(46)43-37-18-24-14-25(19-37)16-26(15-24)20-37/h6-13,24-26,29,33,42H,14-21H2,1-5H3,(H,43,46)/t24?,25?,26?,29-,33+,37?/m1/s1. The van der Waals surface area contributed by atoms with Crippen LogP contribution in [0.15, 0.2) is 48.5 Å². The number of hydrogen-bond donors (Lipinski definition) is 2. The summed E-state index contributed by atoms with van der Waals surface area (Å²) in [6.45, 7) is 10.1. The zero-order valence-corrected chi connectivity index (χ0v) is 27.6. The fourth-order valence-corrected chi connectivity index (χ4v) is 10.1. The number of para-hydroxylation sites is 1. The molecule has 246 valence electrons. The van der Waals surface area contributed by atoms with Crippen molar-refractivity contribution < 1.29 is 22.8 Å². The van der Waals surface area contributed by atoms with Crippen molar-refractivity contribution in [3.8, 4) is 0 Å². The Morgan fingerprint density at radius 1 is 0.935 bits per heavy atom. The minimum Gasteiger partial charge on any atom is -0.358 e. The number of aromatic amines is 1. The molecule has 0 unspecified atom stereocenters. The van der Waals surface area contributed by atoms with Gasteiger partial charge in [0.15, 0.2) is 0 Å². The van der Waals surface area contributed by atoms with E-state index >= 15 is 0 Å². The molecule has 5 fully saturated rings. The molecule has 2 N–H and O–H groups in total. The highest BCUT2D eigenvalue weighted by Crippen LogP contribution is 2.67. The minimum atomic E-state index is -4.45. The lowest BCUT2D eigenvalue weighted by atomic mass is 9.53. The molecule has 4 bridgehead atoms. The van der Waals surface area contributed by atoms with Gasteiger partial charge in [0, 0.05) is 35.1 Å². The predicted octanol–water partition coefficient (Wildman–Crippen LogP) is 8.52. The second-order valence-corrected chi connectivity index (χ2v) is 16.2. The molecule has 3 aromatic rings. The third kappa shape index (κ3) is 5.33. The van der Waals surface area contributed by atoms with Crippen molar-refractivity contribution in [3.63, 3.8) is 0 Å². The van der Waals surface area contributed by atoms with E-state index in [1.54, 1.807) is 18.7 Å². The van der Waals surface area contributed by atoms with Crippen molar-refractivity contribution >= 4 is 22.7 Å². The molecule has 5 saturated carbocycles. The molecule has 0 spiro atoms. The van der Waals surface area contributed by atoms with Crippen LogP contribution in [0.3, 0.4) is 0 Å². The maximum atomic E-state index is 14.4. The highest BCUT2D eigenvalue weighted by Gasteiger charge is 2.60. The van der Waals surface area contributed by atoms with Gasteiger partial charge in [0.25, 0.3) is 0 Å². The van der Waals surface area contributed by atoms with Crippen molar-refractivity contribution in [3.05, 3.63) is 70.9 Å². The Morgan fingerprint density at radius 2 is 1.52 bits per heavy atom. The van der Waals surface area contributed by atoms with Gasteiger partial charge in [-0.3, -0.25) is 9.59 Å². The van der Waals surface area contributed by atoms with Crippen LogP contribution in [0, 0.1) is 36.0 Å². The molecule has 2 aromatic carbocycles. The number of carbonyl (C=O) groups is 2. The van der Waals surface area contributed by atoms with E-state index < -0.39 is 17.3 Å². The van der Waals surface area contributed by atoms with E-state index in [0.717, 1.165) is 42.6 Å². The lowest BCUT2D eigenvalue weighted by molar-refractivity contribution is -0.150. The number of rotatable bonds is 8. The summed E-state index contributed by atoms with van der Waals surface area (Å²) in [5.74, 6) is 1.88. The first-order chi connectivity index (χ1) is 21.6. The third-order valence-electron chi connectivity index (χ3n) is 12.3. The van der Waals surface area contributed by atoms with Crippen LogP contribution in [0.5, 0.6) is 0 Å². The van der Waals surface area contributed by atoms with E-state index in [1.165, 1.54) is 42.3 Å². The van der Waals surface area contributed by atoms with Crippen molar-refractivity contribution in [2.45, 2.75) is 109 Å². The highest BCUT2D eigenvalue weighted by molar-refractivity contribution is 5.92. The van der Waals surface area contributed by atoms with Crippen LogP contribution >= 0.6 is 0 Å². The van der Waals surface area contributed by atoms with Crippen LogP contribution in [-0.2, 0) is 22.3 Å². The molecule has 5 nitrogen and oxygen atoms in total. The SMILES string of the molecule is Cc1[nH]c2ccccc2c1[C@@H]1[C@@H](CC(=O)N(Cc2ccc(C(F)(F)F)cc2)C(C)(C)C(=O)NC23CC4CC(CC(C4)C2)C3)C1(C)C. The normalized spacial score (nSPS) is 29.6. The van der Waals surface area contributed by atoms with Crippen molar-refractivity contribution in [2.24, 2.45) is 29.1 Å². The summed E-state index contributed by atoms with van der Waals surface area (Å²) in [5, 5.41) is 4.64. The lowest BCUT2D eigenvalue weighted by Gasteiger charge is -2.57. The van der Waals surface area contributed by atoms with Gasteiger partial charge < -0.3 is 15.2 Å². The Hall–Kier alpha value is -3.29. The van der Waals surface area contributed by atoms with Gasteiger partial charge in [-0.05, 0) is 124 Å². The Kier molecular flexibility index (Phi) is 7.22. The number of nitrogens with one attached hydrogen (secondary N) is 2. The van der Waals surface area contributed by atoms with E-state index in [1.807, 2.05) is 12.1 Å². The summed E-state index contributed by atoms with van der Waals surface area (Å²) in [6, 6.07) is 13.2. The van der Waals surface area contributed by atoms with Crippen LogP contribution in [0.25, 0.3) is 10.9 Å². The van der Waals surface area contributed by atoms with Crippen LogP contribution in [0.1, 0.15) is 101 Å². The van der Waals surface area contributed by atoms with Gasteiger partial charge in [-0.15, -0.1) is 0 Å². The number of amides is 2. The van der Waals surface area contributed by atoms with Crippen LogP contribution in [-0.4, -0.2) is 32.8 Å². The molecule has 8 rings (SSSR count). The van der Waals surface area contributed by atoms with E-state index in [9.17, 15) is 22.8 Å². The summed E-state index contributed by atoms with van der Waals surface area (Å²) in [5.41, 5.74) is 1.71. The molecule has 0 aliphatic heterocycles. The quantitative estimate of drug-likeness (QED) is 0.261. The Balaban J connectivity index is 1.16. The molecule has 1 heterocycles. The molecule has 5 aliphatic rings. The van der Waals surface area contributed by atoms with E-state index in [-0.39, 0.29) is 47.6 Å². The van der Waals surface area contributed by atoms with E-state index in [4.69, 9.17) is 0 Å². The predicted molar refractivity (Wildman–Crippen MR) is 173 cm³/mol. The summed E-state index contributed by atoms with van der Waals surface area (Å²) in [4.78, 5) is 33.9. The monoisotopic (exact) mass is 633 g/mol. The number of fused-ring (bicyclic) bond motifs is 1. The molecule has 2 atom stereocenters. The fourth-order valence-electron chi connectivity index (χ4n) is 10.1. The minimum absolute atomic E-state index is 0.0577. The van der Waals surface area contributed by atoms with Gasteiger partial charge in [-0.25, -0.2) is 0 Å². The highest BCUT2D eigenvalue weighted by atomic mass is 19.4. The van der Waals surface area contributed by atoms with Crippen molar-refractivity contribution in [2.75, 3.05) is 0 Å². The number of alkyl halides is 3. The first-order valence-electron chi connectivity index (χ1n) is 16.9. The number of hydrogen-bond acceptors (Lipinski definition) is 2. The number of aromatic nitrogens is 1. The maximum Gasteiger partial charge on any atom is 0.416 e. The molecular formula is C38H46F3N3O2.